The highest BCUT2D eigenvalue weighted by Gasteiger charge is 2.29. The van der Waals surface area contributed by atoms with Gasteiger partial charge in [0.2, 0.25) is 0 Å². The van der Waals surface area contributed by atoms with Gasteiger partial charge in [-0.05, 0) is 48.9 Å². The summed E-state index contributed by atoms with van der Waals surface area (Å²) in [6.45, 7) is 0.0531. The topological polar surface area (TPSA) is 64.1 Å². The van der Waals surface area contributed by atoms with Crippen LogP contribution in [0.2, 0.25) is 0 Å². The minimum atomic E-state index is -3.02. The van der Waals surface area contributed by atoms with Gasteiger partial charge in [0.15, 0.2) is 5.82 Å². The highest BCUT2D eigenvalue weighted by molar-refractivity contribution is 6.03. The molecule has 1 amide bonds. The number of halogens is 4. The van der Waals surface area contributed by atoms with Gasteiger partial charge >= 0.3 is 6.61 Å². The number of benzene rings is 3. The number of anilines is 1. The standard InChI is InChI=1S/C28H23F4N3O2/c1-3-28(31,32)20-10-7-11-21(16-20)34-26(36)23-14-17(2)33-25(35-23)19-12-13-24(37-27(29)30)22(15-19)18-8-5-4-6-9-18/h4-16,27H,3H2,1-2H3,(H,34,36). The molecular weight excluding hydrogens is 486 g/mol. The van der Waals surface area contributed by atoms with E-state index in [4.69, 9.17) is 4.74 Å². The van der Waals surface area contributed by atoms with E-state index >= 15 is 0 Å². The highest BCUT2D eigenvalue weighted by atomic mass is 19.3. The molecule has 0 aliphatic carbocycles. The molecule has 4 aromatic rings. The van der Waals surface area contributed by atoms with Crippen LogP contribution in [0.15, 0.2) is 78.9 Å². The van der Waals surface area contributed by atoms with Crippen molar-refractivity contribution in [2.75, 3.05) is 5.32 Å². The van der Waals surface area contributed by atoms with E-state index in [1.165, 1.54) is 49.4 Å². The third-order valence-corrected chi connectivity index (χ3v) is 5.61. The molecule has 4 rings (SSSR count). The molecule has 0 saturated carbocycles. The number of carbonyl (C=O) groups is 1. The zero-order valence-electron chi connectivity index (χ0n) is 20.0. The van der Waals surface area contributed by atoms with Crippen LogP contribution in [0.3, 0.4) is 0 Å². The Bertz CT molecular complexity index is 1410. The summed E-state index contributed by atoms with van der Waals surface area (Å²) in [4.78, 5) is 21.7. The maximum absolute atomic E-state index is 14.1. The van der Waals surface area contributed by atoms with Crippen LogP contribution >= 0.6 is 0 Å². The van der Waals surface area contributed by atoms with E-state index in [0.29, 0.717) is 22.4 Å². The lowest BCUT2D eigenvalue weighted by atomic mass is 10.0. The lowest BCUT2D eigenvalue weighted by Crippen LogP contribution is -2.16. The summed E-state index contributed by atoms with van der Waals surface area (Å²) in [5.41, 5.74) is 2.03. The molecule has 1 aromatic heterocycles. The fourth-order valence-electron chi connectivity index (χ4n) is 3.75. The Morgan fingerprint density at radius 3 is 2.41 bits per heavy atom. The molecule has 0 atom stereocenters. The first-order valence-electron chi connectivity index (χ1n) is 11.5. The van der Waals surface area contributed by atoms with Gasteiger partial charge in [0.25, 0.3) is 11.8 Å². The molecule has 9 heteroatoms. The van der Waals surface area contributed by atoms with Crippen molar-refractivity contribution >= 4 is 11.6 Å². The van der Waals surface area contributed by atoms with Crippen LogP contribution in [0.4, 0.5) is 23.2 Å². The normalized spacial score (nSPS) is 11.4. The molecule has 37 heavy (non-hydrogen) atoms. The Morgan fingerprint density at radius 1 is 0.946 bits per heavy atom. The quantitative estimate of drug-likeness (QED) is 0.250. The van der Waals surface area contributed by atoms with Crippen LogP contribution in [-0.4, -0.2) is 22.5 Å². The van der Waals surface area contributed by atoms with Crippen LogP contribution in [0.5, 0.6) is 5.75 Å². The van der Waals surface area contributed by atoms with Crippen molar-refractivity contribution in [3.05, 3.63) is 95.8 Å². The van der Waals surface area contributed by atoms with Crippen LogP contribution in [0.1, 0.15) is 35.1 Å². The summed E-state index contributed by atoms with van der Waals surface area (Å²) in [5.74, 6) is -3.45. The SMILES string of the molecule is CCC(F)(F)c1cccc(NC(=O)c2cc(C)nc(-c3ccc(OC(F)F)c(-c4ccccc4)c3)n2)c1. The van der Waals surface area contributed by atoms with Gasteiger partial charge in [-0.1, -0.05) is 49.4 Å². The van der Waals surface area contributed by atoms with E-state index in [1.807, 2.05) is 0 Å². The molecule has 0 spiro atoms. The number of carbonyl (C=O) groups excluding carboxylic acids is 1. The van der Waals surface area contributed by atoms with E-state index in [0.717, 1.165) is 0 Å². The van der Waals surface area contributed by atoms with E-state index in [1.54, 1.807) is 43.3 Å². The second kappa shape index (κ2) is 10.8. The first-order chi connectivity index (χ1) is 17.7. The number of nitrogens with zero attached hydrogens (tertiary/aromatic N) is 2. The number of amides is 1. The first-order valence-corrected chi connectivity index (χ1v) is 11.5. The smallest absolute Gasteiger partial charge is 0.387 e. The summed E-state index contributed by atoms with van der Waals surface area (Å²) in [5, 5.41) is 2.60. The van der Waals surface area contributed by atoms with Gasteiger partial charge in [0.05, 0.1) is 0 Å². The van der Waals surface area contributed by atoms with Gasteiger partial charge in [0.1, 0.15) is 11.4 Å². The Labute approximate surface area is 211 Å². The van der Waals surface area contributed by atoms with E-state index in [-0.39, 0.29) is 34.9 Å². The minimum Gasteiger partial charge on any atom is -0.434 e. The maximum Gasteiger partial charge on any atom is 0.387 e. The molecule has 1 heterocycles. The zero-order valence-corrected chi connectivity index (χ0v) is 20.0. The Balaban J connectivity index is 1.67. The van der Waals surface area contributed by atoms with Crippen molar-refractivity contribution in [2.24, 2.45) is 0 Å². The number of rotatable bonds is 8. The zero-order chi connectivity index (χ0) is 26.6. The fourth-order valence-corrected chi connectivity index (χ4v) is 3.75. The molecular formula is C28H23F4N3O2. The number of aryl methyl sites for hydroxylation is 1. The fraction of sp³-hybridized carbons (Fsp3) is 0.179. The predicted molar refractivity (Wildman–Crippen MR) is 133 cm³/mol. The van der Waals surface area contributed by atoms with Crippen molar-refractivity contribution in [3.8, 4) is 28.3 Å². The van der Waals surface area contributed by atoms with E-state index in [9.17, 15) is 22.4 Å². The number of hydrogen-bond donors (Lipinski definition) is 1. The number of hydrogen-bond acceptors (Lipinski definition) is 4. The molecule has 0 fully saturated rings. The molecule has 0 unspecified atom stereocenters. The van der Waals surface area contributed by atoms with Crippen LogP contribution in [-0.2, 0) is 5.92 Å². The number of aromatic nitrogens is 2. The third kappa shape index (κ3) is 6.11. The van der Waals surface area contributed by atoms with Gasteiger partial charge in [-0.2, -0.15) is 8.78 Å². The van der Waals surface area contributed by atoms with Crippen LogP contribution in [0.25, 0.3) is 22.5 Å². The molecule has 0 saturated heterocycles. The largest absolute Gasteiger partial charge is 0.434 e. The lowest BCUT2D eigenvalue weighted by molar-refractivity contribution is -0.0494. The van der Waals surface area contributed by atoms with E-state index in [2.05, 4.69) is 15.3 Å². The lowest BCUT2D eigenvalue weighted by Gasteiger charge is -2.15. The molecule has 3 aromatic carbocycles. The molecule has 5 nitrogen and oxygen atoms in total. The molecule has 0 radical (unpaired) electrons. The van der Waals surface area contributed by atoms with Crippen LogP contribution in [0, 0.1) is 6.92 Å². The number of nitrogens with one attached hydrogen (secondary N) is 1. The first kappa shape index (κ1) is 25.8. The molecule has 0 aliphatic heterocycles. The van der Waals surface area contributed by atoms with Gasteiger partial charge < -0.3 is 10.1 Å². The summed E-state index contributed by atoms with van der Waals surface area (Å²) < 4.78 is 58.9. The average Bonchev–Trinajstić information content (AvgIpc) is 2.89. The van der Waals surface area contributed by atoms with Gasteiger partial charge in [-0.3, -0.25) is 4.79 Å². The van der Waals surface area contributed by atoms with E-state index < -0.39 is 18.4 Å². The summed E-state index contributed by atoms with van der Waals surface area (Å²) in [7, 11) is 0. The maximum atomic E-state index is 14.1. The third-order valence-electron chi connectivity index (χ3n) is 5.61. The van der Waals surface area contributed by atoms with Crippen molar-refractivity contribution in [1.29, 1.82) is 0 Å². The minimum absolute atomic E-state index is 0.0145. The Hall–Kier alpha value is -4.27. The molecule has 0 aliphatic rings. The number of ether oxygens (including phenoxy) is 1. The van der Waals surface area contributed by atoms with Crippen molar-refractivity contribution in [3.63, 3.8) is 0 Å². The summed E-state index contributed by atoms with van der Waals surface area (Å²) >= 11 is 0. The monoisotopic (exact) mass is 509 g/mol. The van der Waals surface area contributed by atoms with Crippen molar-refractivity contribution < 1.29 is 27.1 Å². The van der Waals surface area contributed by atoms with Gasteiger partial charge in [0, 0.05) is 34.5 Å². The second-order valence-corrected chi connectivity index (χ2v) is 8.27. The Kier molecular flexibility index (Phi) is 7.52. The molecule has 1 N–H and O–H groups in total. The number of alkyl halides is 4. The van der Waals surface area contributed by atoms with Gasteiger partial charge in [-0.25, -0.2) is 18.7 Å². The average molecular weight is 510 g/mol. The second-order valence-electron chi connectivity index (χ2n) is 8.27. The summed E-state index contributed by atoms with van der Waals surface area (Å²) in [6.07, 6.45) is -0.370. The van der Waals surface area contributed by atoms with Gasteiger partial charge in [-0.15, -0.1) is 0 Å². The van der Waals surface area contributed by atoms with Crippen molar-refractivity contribution in [1.82, 2.24) is 9.97 Å². The highest BCUT2D eigenvalue weighted by Crippen LogP contribution is 2.35. The van der Waals surface area contributed by atoms with Crippen molar-refractivity contribution in [2.45, 2.75) is 32.8 Å². The molecule has 190 valence electrons. The predicted octanol–water partition coefficient (Wildman–Crippen LogP) is 7.47. The summed E-state index contributed by atoms with van der Waals surface area (Å²) in [6, 6.07) is 20.3. The molecule has 0 bridgehead atoms. The van der Waals surface area contributed by atoms with Crippen LogP contribution < -0.4 is 10.1 Å². The Morgan fingerprint density at radius 2 is 1.70 bits per heavy atom.